The van der Waals surface area contributed by atoms with Crippen molar-refractivity contribution in [2.45, 2.75) is 6.92 Å². The second-order valence-corrected chi connectivity index (χ2v) is 5.15. The summed E-state index contributed by atoms with van der Waals surface area (Å²) in [7, 11) is 0. The van der Waals surface area contributed by atoms with Crippen molar-refractivity contribution in [2.75, 3.05) is 0 Å². The zero-order valence-electron chi connectivity index (χ0n) is 9.88. The number of hydrogen-bond donors (Lipinski definition) is 0. The fraction of sp³-hybridized carbons (Fsp3) is 0.0667. The van der Waals surface area contributed by atoms with Gasteiger partial charge in [0.05, 0.1) is 11.6 Å². The van der Waals surface area contributed by atoms with Crippen LogP contribution >= 0.6 is 11.3 Å². The lowest BCUT2D eigenvalue weighted by atomic mass is 10.1. The summed E-state index contributed by atoms with van der Waals surface area (Å²) >= 11 is 1.65. The summed E-state index contributed by atoms with van der Waals surface area (Å²) in [4.78, 5) is 14.1. The molecule has 1 aromatic carbocycles. The van der Waals surface area contributed by atoms with E-state index in [0.29, 0.717) is 11.1 Å². The Kier molecular flexibility index (Phi) is 3.71. The Morgan fingerprint density at radius 1 is 1.22 bits per heavy atom. The van der Waals surface area contributed by atoms with Crippen LogP contribution in [0.3, 0.4) is 0 Å². The summed E-state index contributed by atoms with van der Waals surface area (Å²) < 4.78 is 0. The lowest BCUT2D eigenvalue weighted by molar-refractivity contribution is 0.104. The molecule has 0 spiro atoms. The minimum atomic E-state index is -0.0504. The monoisotopic (exact) mass is 253 g/mol. The van der Waals surface area contributed by atoms with Gasteiger partial charge in [0.1, 0.15) is 0 Å². The van der Waals surface area contributed by atoms with Crippen molar-refractivity contribution >= 4 is 23.2 Å². The molecule has 3 heteroatoms. The first-order chi connectivity index (χ1) is 8.69. The van der Waals surface area contributed by atoms with Crippen molar-refractivity contribution in [1.82, 2.24) is 0 Å². The van der Waals surface area contributed by atoms with Gasteiger partial charge in [-0.2, -0.15) is 5.26 Å². The fourth-order valence-electron chi connectivity index (χ4n) is 1.51. The molecule has 0 aliphatic rings. The SMILES string of the molecule is Cc1ccc(/C=C/C(=O)c2ccc(C#N)cc2)s1. The number of carbonyl (C=O) groups excluding carboxylic acids is 1. The van der Waals surface area contributed by atoms with Crippen LogP contribution in [0.15, 0.2) is 42.5 Å². The van der Waals surface area contributed by atoms with Crippen LogP contribution in [0.5, 0.6) is 0 Å². The predicted octanol–water partition coefficient (Wildman–Crippen LogP) is 3.82. The van der Waals surface area contributed by atoms with Gasteiger partial charge in [0.2, 0.25) is 0 Å². The quantitative estimate of drug-likeness (QED) is 0.616. The molecule has 0 bridgehead atoms. The van der Waals surface area contributed by atoms with E-state index >= 15 is 0 Å². The molecular formula is C15H11NOS. The highest BCUT2D eigenvalue weighted by Gasteiger charge is 2.01. The number of rotatable bonds is 3. The van der Waals surface area contributed by atoms with Crippen LogP contribution in [0.1, 0.15) is 25.7 Å². The third-order valence-electron chi connectivity index (χ3n) is 2.46. The zero-order valence-corrected chi connectivity index (χ0v) is 10.7. The summed E-state index contributed by atoms with van der Waals surface area (Å²) in [6.07, 6.45) is 3.38. The number of aryl methyl sites for hydroxylation is 1. The Labute approximate surface area is 110 Å². The van der Waals surface area contributed by atoms with E-state index in [4.69, 9.17) is 5.26 Å². The maximum Gasteiger partial charge on any atom is 0.185 e. The molecule has 2 aromatic rings. The van der Waals surface area contributed by atoms with Gasteiger partial charge in [0.25, 0.3) is 0 Å². The summed E-state index contributed by atoms with van der Waals surface area (Å²) in [5, 5.41) is 8.67. The summed E-state index contributed by atoms with van der Waals surface area (Å²) in [6.45, 7) is 2.03. The van der Waals surface area contributed by atoms with Gasteiger partial charge in [-0.05, 0) is 55.5 Å². The van der Waals surface area contributed by atoms with Gasteiger partial charge in [0, 0.05) is 15.3 Å². The molecule has 1 aromatic heterocycles. The second-order valence-electron chi connectivity index (χ2n) is 3.84. The topological polar surface area (TPSA) is 40.9 Å². The molecule has 2 nitrogen and oxygen atoms in total. The number of hydrogen-bond acceptors (Lipinski definition) is 3. The number of ketones is 1. The molecule has 0 atom stereocenters. The molecule has 0 aliphatic carbocycles. The Bertz CT molecular complexity index is 629. The van der Waals surface area contributed by atoms with E-state index in [9.17, 15) is 4.79 Å². The molecule has 0 radical (unpaired) electrons. The van der Waals surface area contributed by atoms with E-state index in [1.807, 2.05) is 31.2 Å². The van der Waals surface area contributed by atoms with Crippen molar-refractivity contribution < 1.29 is 4.79 Å². The number of allylic oxidation sites excluding steroid dienone is 1. The minimum Gasteiger partial charge on any atom is -0.289 e. The Hall–Kier alpha value is -2.18. The first-order valence-corrected chi connectivity index (χ1v) is 6.30. The average molecular weight is 253 g/mol. The van der Waals surface area contributed by atoms with Crippen molar-refractivity contribution in [2.24, 2.45) is 0 Å². The highest BCUT2D eigenvalue weighted by atomic mass is 32.1. The summed E-state index contributed by atoms with van der Waals surface area (Å²) in [5.74, 6) is -0.0504. The van der Waals surface area contributed by atoms with E-state index in [2.05, 4.69) is 0 Å². The molecule has 0 aliphatic heterocycles. The maximum absolute atomic E-state index is 11.9. The van der Waals surface area contributed by atoms with Crippen LogP contribution in [-0.2, 0) is 0 Å². The molecule has 2 rings (SSSR count). The maximum atomic E-state index is 11.9. The van der Waals surface area contributed by atoms with Gasteiger partial charge in [0.15, 0.2) is 5.78 Å². The third-order valence-corrected chi connectivity index (χ3v) is 3.42. The molecular weight excluding hydrogens is 242 g/mol. The molecule has 1 heterocycles. The van der Waals surface area contributed by atoms with E-state index in [-0.39, 0.29) is 5.78 Å². The highest BCUT2D eigenvalue weighted by molar-refractivity contribution is 7.12. The van der Waals surface area contributed by atoms with Gasteiger partial charge >= 0.3 is 0 Å². The minimum absolute atomic E-state index is 0.0504. The molecule has 0 amide bonds. The third kappa shape index (κ3) is 2.93. The molecule has 0 unspecified atom stereocenters. The van der Waals surface area contributed by atoms with Gasteiger partial charge in [-0.3, -0.25) is 4.79 Å². The highest BCUT2D eigenvalue weighted by Crippen LogP contribution is 2.17. The van der Waals surface area contributed by atoms with E-state index in [1.165, 1.54) is 4.88 Å². The molecule has 0 fully saturated rings. The number of benzene rings is 1. The van der Waals surface area contributed by atoms with E-state index in [1.54, 1.807) is 41.7 Å². The Morgan fingerprint density at radius 3 is 2.50 bits per heavy atom. The van der Waals surface area contributed by atoms with Gasteiger partial charge < -0.3 is 0 Å². The standard InChI is InChI=1S/C15H11NOS/c1-11-2-7-14(18-11)8-9-15(17)13-5-3-12(10-16)4-6-13/h2-9H,1H3/b9-8+. The van der Waals surface area contributed by atoms with Gasteiger partial charge in [-0.25, -0.2) is 0 Å². The molecule has 0 saturated carbocycles. The first-order valence-electron chi connectivity index (χ1n) is 5.48. The smallest absolute Gasteiger partial charge is 0.185 e. The number of carbonyl (C=O) groups is 1. The van der Waals surface area contributed by atoms with Crippen LogP contribution in [0.4, 0.5) is 0 Å². The average Bonchev–Trinajstić information content (AvgIpc) is 2.82. The zero-order chi connectivity index (χ0) is 13.0. The molecule has 88 valence electrons. The first kappa shape index (κ1) is 12.3. The Balaban J connectivity index is 2.12. The van der Waals surface area contributed by atoms with Crippen LogP contribution in [0, 0.1) is 18.3 Å². The molecule has 0 saturated heterocycles. The molecule has 18 heavy (non-hydrogen) atoms. The largest absolute Gasteiger partial charge is 0.289 e. The van der Waals surface area contributed by atoms with Crippen molar-refractivity contribution in [3.63, 3.8) is 0 Å². The predicted molar refractivity (Wildman–Crippen MR) is 73.6 cm³/mol. The van der Waals surface area contributed by atoms with Crippen LogP contribution < -0.4 is 0 Å². The second kappa shape index (κ2) is 5.44. The number of nitrogens with zero attached hydrogens (tertiary/aromatic N) is 1. The lowest BCUT2D eigenvalue weighted by Gasteiger charge is -1.95. The van der Waals surface area contributed by atoms with Crippen LogP contribution in [0.2, 0.25) is 0 Å². The van der Waals surface area contributed by atoms with Crippen molar-refractivity contribution in [3.05, 3.63) is 63.4 Å². The van der Waals surface area contributed by atoms with E-state index < -0.39 is 0 Å². The van der Waals surface area contributed by atoms with Crippen LogP contribution in [0.25, 0.3) is 6.08 Å². The van der Waals surface area contributed by atoms with Crippen molar-refractivity contribution in [1.29, 1.82) is 5.26 Å². The fourth-order valence-corrected chi connectivity index (χ4v) is 2.29. The van der Waals surface area contributed by atoms with E-state index in [0.717, 1.165) is 4.88 Å². The normalized spacial score (nSPS) is 10.4. The Morgan fingerprint density at radius 2 is 1.94 bits per heavy atom. The summed E-state index contributed by atoms with van der Waals surface area (Å²) in [6, 6.07) is 12.7. The lowest BCUT2D eigenvalue weighted by Crippen LogP contribution is -1.93. The molecule has 0 N–H and O–H groups in total. The van der Waals surface area contributed by atoms with Gasteiger partial charge in [-0.1, -0.05) is 0 Å². The van der Waals surface area contributed by atoms with Crippen LogP contribution in [-0.4, -0.2) is 5.78 Å². The summed E-state index contributed by atoms with van der Waals surface area (Å²) in [5.41, 5.74) is 1.16. The van der Waals surface area contributed by atoms with Gasteiger partial charge in [-0.15, -0.1) is 11.3 Å². The van der Waals surface area contributed by atoms with Crippen molar-refractivity contribution in [3.8, 4) is 6.07 Å². The number of nitriles is 1. The number of thiophene rings is 1.